The quantitative estimate of drug-likeness (QED) is 0.847. The molecule has 0 aliphatic carbocycles. The number of carbonyl (C=O) groups is 1. The molecule has 0 radical (unpaired) electrons. The van der Waals surface area contributed by atoms with Crippen molar-refractivity contribution in [3.05, 3.63) is 23.8 Å². The number of amides is 1. The topological polar surface area (TPSA) is 59.9 Å². The number of hydrogen-bond donors (Lipinski definition) is 1. The van der Waals surface area contributed by atoms with Crippen molar-refractivity contribution in [3.63, 3.8) is 0 Å². The predicted molar refractivity (Wildman–Crippen MR) is 89.7 cm³/mol. The van der Waals surface area contributed by atoms with Crippen LogP contribution in [-0.4, -0.2) is 32.1 Å². The Morgan fingerprint density at radius 3 is 2.41 bits per heavy atom. The second kappa shape index (κ2) is 7.35. The monoisotopic (exact) mass is 320 g/mol. The summed E-state index contributed by atoms with van der Waals surface area (Å²) in [5, 5.41) is 4.09. The highest BCUT2D eigenvalue weighted by Gasteiger charge is 2.18. The molecule has 118 valence electrons. The molecule has 1 aromatic carbocycles. The van der Waals surface area contributed by atoms with Gasteiger partial charge in [0.05, 0.1) is 24.8 Å². The van der Waals surface area contributed by atoms with Crippen LogP contribution in [0.4, 0.5) is 0 Å². The maximum atomic E-state index is 11.3. The molecule has 0 bridgehead atoms. The molecule has 2 rings (SSSR count). The number of rotatable bonds is 5. The Balaban J connectivity index is 2.29. The highest BCUT2D eigenvalue weighted by Crippen LogP contribution is 2.38. The number of nitrogens with zero attached hydrogens (tertiary/aromatic N) is 1. The molecule has 22 heavy (non-hydrogen) atoms. The van der Waals surface area contributed by atoms with Crippen LogP contribution in [0.5, 0.6) is 11.5 Å². The third-order valence-corrected chi connectivity index (χ3v) is 4.25. The Labute approximate surface area is 134 Å². The van der Waals surface area contributed by atoms with Crippen LogP contribution in [0.1, 0.15) is 18.9 Å². The summed E-state index contributed by atoms with van der Waals surface area (Å²) in [6, 6.07) is 3.91. The largest absolute Gasteiger partial charge is 0.495 e. The van der Waals surface area contributed by atoms with Gasteiger partial charge >= 0.3 is 0 Å². The minimum atomic E-state index is -0.0442. The van der Waals surface area contributed by atoms with E-state index in [1.165, 1.54) is 0 Å². The average molecular weight is 320 g/mol. The molecule has 0 spiro atoms. The SMILES string of the molecule is COc1cc(C=CC2=NNC(=O)CC2C)cc(OC)c1SC. The molecule has 1 aliphatic heterocycles. The summed E-state index contributed by atoms with van der Waals surface area (Å²) in [5.41, 5.74) is 4.32. The van der Waals surface area contributed by atoms with Gasteiger partial charge in [0.1, 0.15) is 11.5 Å². The van der Waals surface area contributed by atoms with E-state index in [0.717, 1.165) is 27.7 Å². The molecule has 0 fully saturated rings. The lowest BCUT2D eigenvalue weighted by molar-refractivity contribution is -0.121. The van der Waals surface area contributed by atoms with E-state index >= 15 is 0 Å². The summed E-state index contributed by atoms with van der Waals surface area (Å²) in [6.45, 7) is 1.99. The lowest BCUT2D eigenvalue weighted by Gasteiger charge is -2.16. The van der Waals surface area contributed by atoms with E-state index in [9.17, 15) is 4.79 Å². The highest BCUT2D eigenvalue weighted by atomic mass is 32.2. The zero-order valence-electron chi connectivity index (χ0n) is 13.2. The van der Waals surface area contributed by atoms with Gasteiger partial charge in [0.2, 0.25) is 5.91 Å². The van der Waals surface area contributed by atoms with Gasteiger partial charge in [0.25, 0.3) is 0 Å². The zero-order chi connectivity index (χ0) is 16.1. The first kappa shape index (κ1) is 16.4. The van der Waals surface area contributed by atoms with Gasteiger partial charge in [-0.2, -0.15) is 5.10 Å². The number of thioether (sulfide) groups is 1. The third-order valence-electron chi connectivity index (χ3n) is 3.44. The second-order valence-corrected chi connectivity index (χ2v) is 5.79. The van der Waals surface area contributed by atoms with Gasteiger partial charge in [-0.15, -0.1) is 11.8 Å². The van der Waals surface area contributed by atoms with Gasteiger partial charge in [-0.1, -0.05) is 13.0 Å². The van der Waals surface area contributed by atoms with Gasteiger partial charge in [-0.05, 0) is 30.0 Å². The van der Waals surface area contributed by atoms with E-state index in [-0.39, 0.29) is 11.8 Å². The molecule has 0 saturated carbocycles. The average Bonchev–Trinajstić information content (AvgIpc) is 2.52. The normalized spacial score (nSPS) is 18.1. The molecule has 1 aromatic rings. The minimum absolute atomic E-state index is 0.0442. The summed E-state index contributed by atoms with van der Waals surface area (Å²) in [4.78, 5) is 12.2. The van der Waals surface area contributed by atoms with E-state index < -0.39 is 0 Å². The van der Waals surface area contributed by atoms with Gasteiger partial charge in [-0.3, -0.25) is 4.79 Å². The lowest BCUT2D eigenvalue weighted by Crippen LogP contribution is -2.30. The summed E-state index contributed by atoms with van der Waals surface area (Å²) < 4.78 is 10.8. The smallest absolute Gasteiger partial charge is 0.240 e. The van der Waals surface area contributed by atoms with Crippen LogP contribution in [0.2, 0.25) is 0 Å². The third kappa shape index (κ3) is 3.62. The molecule has 1 atom stereocenters. The first-order chi connectivity index (χ1) is 10.6. The number of ether oxygens (including phenoxy) is 2. The molecule has 6 heteroatoms. The first-order valence-corrected chi connectivity index (χ1v) is 8.16. The number of hydrogen-bond acceptors (Lipinski definition) is 5. The van der Waals surface area contributed by atoms with Crippen LogP contribution < -0.4 is 14.9 Å². The first-order valence-electron chi connectivity index (χ1n) is 6.93. The fourth-order valence-corrected chi connectivity index (χ4v) is 2.93. The molecule has 0 aromatic heterocycles. The molecule has 1 N–H and O–H groups in total. The number of nitrogens with one attached hydrogen (secondary N) is 1. The molecule has 0 saturated heterocycles. The van der Waals surface area contributed by atoms with Gasteiger partial charge in [-0.25, -0.2) is 5.43 Å². The molecular weight excluding hydrogens is 300 g/mol. The minimum Gasteiger partial charge on any atom is -0.495 e. The van der Waals surface area contributed by atoms with Crippen LogP contribution in [-0.2, 0) is 4.79 Å². The van der Waals surface area contributed by atoms with Crippen LogP contribution >= 0.6 is 11.8 Å². The van der Waals surface area contributed by atoms with Gasteiger partial charge < -0.3 is 9.47 Å². The van der Waals surface area contributed by atoms with Crippen molar-refractivity contribution in [1.29, 1.82) is 0 Å². The Morgan fingerprint density at radius 2 is 1.91 bits per heavy atom. The maximum absolute atomic E-state index is 11.3. The summed E-state index contributed by atoms with van der Waals surface area (Å²) in [5.74, 6) is 1.62. The van der Waals surface area contributed by atoms with Crippen LogP contribution in [0.25, 0.3) is 6.08 Å². The van der Waals surface area contributed by atoms with E-state index in [1.807, 2.05) is 37.5 Å². The lowest BCUT2D eigenvalue weighted by atomic mass is 9.99. The van der Waals surface area contributed by atoms with Crippen molar-refractivity contribution in [2.24, 2.45) is 11.0 Å². The van der Waals surface area contributed by atoms with Crippen molar-refractivity contribution in [2.75, 3.05) is 20.5 Å². The standard InChI is InChI=1S/C16H20N2O3S/c1-10-7-15(19)18-17-12(10)6-5-11-8-13(20-2)16(22-4)14(9-11)21-3/h5-6,8-10H,7H2,1-4H3,(H,18,19). The fraction of sp³-hybridized carbons (Fsp3) is 0.375. The van der Waals surface area contributed by atoms with Crippen molar-refractivity contribution in [2.45, 2.75) is 18.2 Å². The number of hydrazone groups is 1. The Kier molecular flexibility index (Phi) is 5.49. The Hall–Kier alpha value is -1.95. The molecule has 1 unspecified atom stereocenters. The van der Waals surface area contributed by atoms with E-state index in [4.69, 9.17) is 9.47 Å². The van der Waals surface area contributed by atoms with E-state index in [2.05, 4.69) is 10.5 Å². The summed E-state index contributed by atoms with van der Waals surface area (Å²) >= 11 is 1.58. The Morgan fingerprint density at radius 1 is 1.27 bits per heavy atom. The number of benzene rings is 1. The van der Waals surface area contributed by atoms with Crippen molar-refractivity contribution in [3.8, 4) is 11.5 Å². The maximum Gasteiger partial charge on any atom is 0.240 e. The summed E-state index contributed by atoms with van der Waals surface area (Å²) in [7, 11) is 3.29. The molecule has 5 nitrogen and oxygen atoms in total. The second-order valence-electron chi connectivity index (χ2n) is 4.97. The van der Waals surface area contributed by atoms with Gasteiger partial charge in [0, 0.05) is 12.3 Å². The Bertz CT molecular complexity index is 601. The number of carbonyl (C=O) groups excluding carboxylic acids is 1. The van der Waals surface area contributed by atoms with Crippen molar-refractivity contribution < 1.29 is 14.3 Å². The summed E-state index contributed by atoms with van der Waals surface area (Å²) in [6.07, 6.45) is 6.30. The van der Waals surface area contributed by atoms with Crippen molar-refractivity contribution in [1.82, 2.24) is 5.43 Å². The van der Waals surface area contributed by atoms with Gasteiger partial charge in [0.15, 0.2) is 0 Å². The molecule has 1 amide bonds. The van der Waals surface area contributed by atoms with Crippen molar-refractivity contribution >= 4 is 29.5 Å². The molecule has 1 heterocycles. The molecular formula is C16H20N2O3S. The number of methoxy groups -OCH3 is 2. The van der Waals surface area contributed by atoms with Crippen LogP contribution in [0, 0.1) is 5.92 Å². The van der Waals surface area contributed by atoms with E-state index in [1.54, 1.807) is 26.0 Å². The van der Waals surface area contributed by atoms with E-state index in [0.29, 0.717) is 6.42 Å². The predicted octanol–water partition coefficient (Wildman–Crippen LogP) is 2.95. The highest BCUT2D eigenvalue weighted by molar-refractivity contribution is 7.98. The number of allylic oxidation sites excluding steroid dienone is 1. The zero-order valence-corrected chi connectivity index (χ0v) is 14.0. The van der Waals surface area contributed by atoms with Crippen LogP contribution in [0.3, 0.4) is 0 Å². The molecule has 1 aliphatic rings. The fourth-order valence-electron chi connectivity index (χ4n) is 2.25. The van der Waals surface area contributed by atoms with Crippen LogP contribution in [0.15, 0.2) is 28.2 Å².